The zero-order chi connectivity index (χ0) is 9.52. The SMILES string of the molecule is C#CCCC(=O)NCC1CCCN1. The van der Waals surface area contributed by atoms with Crippen molar-refractivity contribution in [2.45, 2.75) is 31.7 Å². The average Bonchev–Trinajstić information content (AvgIpc) is 2.64. The largest absolute Gasteiger partial charge is 0.355 e. The van der Waals surface area contributed by atoms with Gasteiger partial charge in [0.15, 0.2) is 0 Å². The molecule has 0 bridgehead atoms. The van der Waals surface area contributed by atoms with Gasteiger partial charge < -0.3 is 10.6 Å². The summed E-state index contributed by atoms with van der Waals surface area (Å²) in [6.45, 7) is 1.81. The van der Waals surface area contributed by atoms with Crippen molar-refractivity contribution in [3.63, 3.8) is 0 Å². The predicted octanol–water partition coefficient (Wildman–Crippen LogP) is 0.268. The Bertz CT molecular complexity index is 201. The van der Waals surface area contributed by atoms with E-state index >= 15 is 0 Å². The Morgan fingerprint density at radius 2 is 2.54 bits per heavy atom. The molecule has 1 amide bonds. The standard InChI is InChI=1S/C10H16N2O/c1-2-3-6-10(13)12-8-9-5-4-7-11-9/h1,9,11H,3-8H2,(H,12,13). The van der Waals surface area contributed by atoms with Crippen molar-refractivity contribution < 1.29 is 4.79 Å². The maximum Gasteiger partial charge on any atom is 0.221 e. The van der Waals surface area contributed by atoms with Gasteiger partial charge in [0, 0.05) is 25.4 Å². The second-order valence-corrected chi connectivity index (χ2v) is 3.30. The monoisotopic (exact) mass is 180 g/mol. The van der Waals surface area contributed by atoms with E-state index in [0.717, 1.165) is 19.5 Å². The number of carbonyl (C=O) groups is 1. The van der Waals surface area contributed by atoms with Gasteiger partial charge in [-0.1, -0.05) is 0 Å². The lowest BCUT2D eigenvalue weighted by atomic mass is 10.2. The van der Waals surface area contributed by atoms with Crippen LogP contribution in [0.5, 0.6) is 0 Å². The smallest absolute Gasteiger partial charge is 0.221 e. The van der Waals surface area contributed by atoms with Gasteiger partial charge >= 0.3 is 0 Å². The summed E-state index contributed by atoms with van der Waals surface area (Å²) < 4.78 is 0. The molecule has 1 unspecified atom stereocenters. The minimum Gasteiger partial charge on any atom is -0.355 e. The topological polar surface area (TPSA) is 41.1 Å². The molecule has 0 aliphatic carbocycles. The second kappa shape index (κ2) is 5.60. The van der Waals surface area contributed by atoms with E-state index in [2.05, 4.69) is 16.6 Å². The van der Waals surface area contributed by atoms with Crippen LogP contribution in [0.4, 0.5) is 0 Å². The quantitative estimate of drug-likeness (QED) is 0.610. The Morgan fingerprint density at radius 1 is 1.69 bits per heavy atom. The maximum absolute atomic E-state index is 11.1. The van der Waals surface area contributed by atoms with Crippen LogP contribution in [0.3, 0.4) is 0 Å². The van der Waals surface area contributed by atoms with Gasteiger partial charge in [-0.15, -0.1) is 12.3 Å². The molecule has 0 saturated carbocycles. The Morgan fingerprint density at radius 3 is 3.15 bits per heavy atom. The summed E-state index contributed by atoms with van der Waals surface area (Å²) in [5.41, 5.74) is 0. The molecule has 1 aliphatic rings. The zero-order valence-electron chi connectivity index (χ0n) is 7.81. The normalized spacial score (nSPS) is 21.0. The summed E-state index contributed by atoms with van der Waals surface area (Å²) in [5, 5.41) is 6.18. The van der Waals surface area contributed by atoms with Gasteiger partial charge in [-0.3, -0.25) is 4.79 Å². The van der Waals surface area contributed by atoms with Crippen molar-refractivity contribution in [1.29, 1.82) is 0 Å². The Kier molecular flexibility index (Phi) is 4.34. The second-order valence-electron chi connectivity index (χ2n) is 3.30. The zero-order valence-corrected chi connectivity index (χ0v) is 7.81. The summed E-state index contributed by atoms with van der Waals surface area (Å²) >= 11 is 0. The fraction of sp³-hybridized carbons (Fsp3) is 0.700. The molecule has 1 heterocycles. The van der Waals surface area contributed by atoms with E-state index < -0.39 is 0 Å². The molecule has 1 rings (SSSR count). The first kappa shape index (κ1) is 10.1. The van der Waals surface area contributed by atoms with Crippen LogP contribution in [0.15, 0.2) is 0 Å². The first-order valence-electron chi connectivity index (χ1n) is 4.76. The minimum absolute atomic E-state index is 0.0617. The van der Waals surface area contributed by atoms with Crippen LogP contribution in [-0.4, -0.2) is 25.0 Å². The van der Waals surface area contributed by atoms with E-state index in [4.69, 9.17) is 6.42 Å². The first-order chi connectivity index (χ1) is 6.33. The van der Waals surface area contributed by atoms with Gasteiger partial charge in [0.2, 0.25) is 5.91 Å². The van der Waals surface area contributed by atoms with Crippen molar-refractivity contribution in [2.24, 2.45) is 0 Å². The molecule has 0 aromatic carbocycles. The summed E-state index contributed by atoms with van der Waals surface area (Å²) in [5.74, 6) is 2.51. The highest BCUT2D eigenvalue weighted by Crippen LogP contribution is 2.03. The molecule has 72 valence electrons. The average molecular weight is 180 g/mol. The van der Waals surface area contributed by atoms with Gasteiger partial charge in [-0.2, -0.15) is 0 Å². The summed E-state index contributed by atoms with van der Waals surface area (Å²) in [6, 6.07) is 0.467. The first-order valence-corrected chi connectivity index (χ1v) is 4.76. The molecule has 1 atom stereocenters. The van der Waals surface area contributed by atoms with E-state index in [1.165, 1.54) is 6.42 Å². The van der Waals surface area contributed by atoms with Gasteiger partial charge in [0.05, 0.1) is 0 Å². The van der Waals surface area contributed by atoms with Crippen molar-refractivity contribution in [2.75, 3.05) is 13.1 Å². The van der Waals surface area contributed by atoms with Gasteiger partial charge in [0.1, 0.15) is 0 Å². The van der Waals surface area contributed by atoms with Gasteiger partial charge in [-0.05, 0) is 19.4 Å². The van der Waals surface area contributed by atoms with E-state index in [9.17, 15) is 4.79 Å². The third kappa shape index (κ3) is 3.95. The Hall–Kier alpha value is -1.01. The van der Waals surface area contributed by atoms with E-state index in [0.29, 0.717) is 18.9 Å². The molecule has 1 aliphatic heterocycles. The van der Waals surface area contributed by atoms with Gasteiger partial charge in [0.25, 0.3) is 0 Å². The van der Waals surface area contributed by atoms with Gasteiger partial charge in [-0.25, -0.2) is 0 Å². The number of hydrogen-bond acceptors (Lipinski definition) is 2. The highest BCUT2D eigenvalue weighted by molar-refractivity contribution is 5.76. The molecule has 1 saturated heterocycles. The summed E-state index contributed by atoms with van der Waals surface area (Å²) in [7, 11) is 0. The summed E-state index contributed by atoms with van der Waals surface area (Å²) in [6.07, 6.45) is 8.41. The van der Waals surface area contributed by atoms with Crippen molar-refractivity contribution in [1.82, 2.24) is 10.6 Å². The molecule has 3 heteroatoms. The van der Waals surface area contributed by atoms with Crippen LogP contribution in [0.2, 0.25) is 0 Å². The maximum atomic E-state index is 11.1. The molecule has 2 N–H and O–H groups in total. The van der Waals surface area contributed by atoms with Crippen LogP contribution in [0, 0.1) is 12.3 Å². The molecular formula is C10H16N2O. The Balaban J connectivity index is 2.04. The van der Waals surface area contributed by atoms with Crippen LogP contribution in [-0.2, 0) is 4.79 Å². The lowest BCUT2D eigenvalue weighted by molar-refractivity contribution is -0.121. The molecule has 1 fully saturated rings. The minimum atomic E-state index is 0.0617. The van der Waals surface area contributed by atoms with E-state index in [-0.39, 0.29) is 5.91 Å². The molecule has 0 aromatic rings. The third-order valence-electron chi connectivity index (χ3n) is 2.20. The highest BCUT2D eigenvalue weighted by Gasteiger charge is 2.13. The fourth-order valence-corrected chi connectivity index (χ4v) is 1.44. The highest BCUT2D eigenvalue weighted by atomic mass is 16.1. The Labute approximate surface area is 79.3 Å². The number of carbonyl (C=O) groups excluding carboxylic acids is 1. The molecular weight excluding hydrogens is 164 g/mol. The van der Waals surface area contributed by atoms with Crippen molar-refractivity contribution >= 4 is 5.91 Å². The van der Waals surface area contributed by atoms with Crippen molar-refractivity contribution in [3.05, 3.63) is 0 Å². The number of amides is 1. The lowest BCUT2D eigenvalue weighted by Gasteiger charge is -2.10. The number of terminal acetylenes is 1. The molecule has 0 spiro atoms. The van der Waals surface area contributed by atoms with Crippen LogP contribution in [0.25, 0.3) is 0 Å². The molecule has 0 radical (unpaired) electrons. The number of nitrogens with one attached hydrogen (secondary N) is 2. The van der Waals surface area contributed by atoms with Crippen LogP contribution in [0.1, 0.15) is 25.7 Å². The van der Waals surface area contributed by atoms with Crippen molar-refractivity contribution in [3.8, 4) is 12.3 Å². The lowest BCUT2D eigenvalue weighted by Crippen LogP contribution is -2.36. The van der Waals surface area contributed by atoms with Crippen LogP contribution < -0.4 is 10.6 Å². The molecule has 13 heavy (non-hydrogen) atoms. The summed E-state index contributed by atoms with van der Waals surface area (Å²) in [4.78, 5) is 11.1. The van der Waals surface area contributed by atoms with E-state index in [1.807, 2.05) is 0 Å². The third-order valence-corrected chi connectivity index (χ3v) is 2.20. The molecule has 3 nitrogen and oxygen atoms in total. The fourth-order valence-electron chi connectivity index (χ4n) is 1.44. The van der Waals surface area contributed by atoms with E-state index in [1.54, 1.807) is 0 Å². The molecule has 0 aromatic heterocycles. The predicted molar refractivity (Wildman–Crippen MR) is 52.1 cm³/mol. The van der Waals surface area contributed by atoms with Crippen LogP contribution >= 0.6 is 0 Å². The number of hydrogen-bond donors (Lipinski definition) is 2. The number of rotatable bonds is 4.